The van der Waals surface area contributed by atoms with Crippen molar-refractivity contribution in [1.82, 2.24) is 15.0 Å². The number of ether oxygens (including phenoxy) is 1. The summed E-state index contributed by atoms with van der Waals surface area (Å²) < 4.78 is 10.9. The lowest BCUT2D eigenvalue weighted by Crippen LogP contribution is -2.39. The Balaban J connectivity index is 1.82. The molecule has 1 aliphatic heterocycles. The fourth-order valence-corrected chi connectivity index (χ4v) is 3.22. The minimum atomic E-state index is 0.224. The summed E-state index contributed by atoms with van der Waals surface area (Å²) in [5.41, 5.74) is 3.27. The molecule has 0 unspecified atom stereocenters. The highest BCUT2D eigenvalue weighted by molar-refractivity contribution is 7.09. The van der Waals surface area contributed by atoms with Crippen LogP contribution in [-0.4, -0.2) is 34.8 Å². The zero-order valence-electron chi connectivity index (χ0n) is 12.0. The van der Waals surface area contributed by atoms with E-state index < -0.39 is 0 Å². The van der Waals surface area contributed by atoms with Gasteiger partial charge < -0.3 is 9.26 Å². The number of rotatable bonds is 3. The van der Waals surface area contributed by atoms with Crippen LogP contribution in [0.4, 0.5) is 0 Å². The van der Waals surface area contributed by atoms with Gasteiger partial charge in [0.05, 0.1) is 35.7 Å². The van der Waals surface area contributed by atoms with Crippen LogP contribution >= 0.6 is 11.3 Å². The lowest BCUT2D eigenvalue weighted by atomic mass is 10.1. The average Bonchev–Trinajstić information content (AvgIpc) is 3.00. The highest BCUT2D eigenvalue weighted by Crippen LogP contribution is 2.28. The molecule has 2 aromatic heterocycles. The predicted molar refractivity (Wildman–Crippen MR) is 76.8 cm³/mol. The molecule has 1 aliphatic rings. The summed E-state index contributed by atoms with van der Waals surface area (Å²) in [4.78, 5) is 7.02. The maximum absolute atomic E-state index is 5.64. The molecule has 0 N–H and O–H groups in total. The molecule has 0 amide bonds. The number of morpholine rings is 1. The van der Waals surface area contributed by atoms with Crippen molar-refractivity contribution in [2.45, 2.75) is 33.4 Å². The normalized spacial score (nSPS) is 20.4. The largest absolute Gasteiger partial charge is 0.378 e. The second kappa shape index (κ2) is 5.63. The fourth-order valence-electron chi connectivity index (χ4n) is 2.56. The van der Waals surface area contributed by atoms with E-state index in [1.165, 1.54) is 5.56 Å². The topological polar surface area (TPSA) is 51.4 Å². The first kappa shape index (κ1) is 13.7. The molecule has 108 valence electrons. The zero-order valence-corrected chi connectivity index (χ0v) is 12.9. The van der Waals surface area contributed by atoms with Crippen LogP contribution in [0.5, 0.6) is 0 Å². The van der Waals surface area contributed by atoms with Gasteiger partial charge in [-0.2, -0.15) is 0 Å². The van der Waals surface area contributed by atoms with E-state index in [0.29, 0.717) is 6.61 Å². The Morgan fingerprint density at radius 3 is 2.90 bits per heavy atom. The number of aromatic nitrogens is 2. The molecule has 0 radical (unpaired) electrons. The fraction of sp³-hybridized carbons (Fsp3) is 0.571. The summed E-state index contributed by atoms with van der Waals surface area (Å²) in [5.74, 6) is 0.905. The molecule has 1 fully saturated rings. The van der Waals surface area contributed by atoms with Crippen LogP contribution in [0.25, 0.3) is 0 Å². The van der Waals surface area contributed by atoms with Gasteiger partial charge in [-0.1, -0.05) is 5.16 Å². The minimum absolute atomic E-state index is 0.224. The molecule has 0 spiro atoms. The third-order valence-electron chi connectivity index (χ3n) is 3.76. The van der Waals surface area contributed by atoms with E-state index in [2.05, 4.69) is 20.4 Å². The van der Waals surface area contributed by atoms with Gasteiger partial charge in [0.2, 0.25) is 0 Å². The van der Waals surface area contributed by atoms with Crippen molar-refractivity contribution in [1.29, 1.82) is 0 Å². The van der Waals surface area contributed by atoms with Crippen LogP contribution in [0.1, 0.15) is 33.8 Å². The Labute approximate surface area is 122 Å². The van der Waals surface area contributed by atoms with E-state index in [1.54, 1.807) is 11.3 Å². The predicted octanol–water partition coefficient (Wildman–Crippen LogP) is 2.63. The number of nitrogens with zero attached hydrogens (tertiary/aromatic N) is 3. The van der Waals surface area contributed by atoms with Crippen molar-refractivity contribution in [3.05, 3.63) is 33.1 Å². The van der Waals surface area contributed by atoms with Crippen LogP contribution in [0.2, 0.25) is 0 Å². The molecule has 0 bridgehead atoms. The summed E-state index contributed by atoms with van der Waals surface area (Å²) in [5, 5.41) is 7.27. The monoisotopic (exact) mass is 293 g/mol. The molecular formula is C14H19N3O2S. The van der Waals surface area contributed by atoms with Crippen molar-refractivity contribution in [3.63, 3.8) is 0 Å². The Bertz CT molecular complexity index is 574. The summed E-state index contributed by atoms with van der Waals surface area (Å²) >= 11 is 1.69. The quantitative estimate of drug-likeness (QED) is 0.870. The van der Waals surface area contributed by atoms with Gasteiger partial charge in [-0.15, -0.1) is 11.3 Å². The molecule has 0 aliphatic carbocycles. The van der Waals surface area contributed by atoms with Gasteiger partial charge >= 0.3 is 0 Å². The Kier molecular flexibility index (Phi) is 3.87. The average molecular weight is 293 g/mol. The molecule has 20 heavy (non-hydrogen) atoms. The maximum Gasteiger partial charge on any atom is 0.138 e. The Morgan fingerprint density at radius 1 is 1.40 bits per heavy atom. The van der Waals surface area contributed by atoms with Crippen LogP contribution in [0.15, 0.2) is 9.90 Å². The van der Waals surface area contributed by atoms with Gasteiger partial charge in [0.1, 0.15) is 5.76 Å². The molecule has 3 heterocycles. The molecule has 6 heteroatoms. The van der Waals surface area contributed by atoms with E-state index in [1.807, 2.05) is 20.8 Å². The number of hydrogen-bond acceptors (Lipinski definition) is 6. The third kappa shape index (κ3) is 2.63. The number of hydrogen-bond donors (Lipinski definition) is 0. The van der Waals surface area contributed by atoms with Gasteiger partial charge in [0.25, 0.3) is 0 Å². The van der Waals surface area contributed by atoms with E-state index in [4.69, 9.17) is 9.26 Å². The Morgan fingerprint density at radius 2 is 2.25 bits per heavy atom. The van der Waals surface area contributed by atoms with Gasteiger partial charge in [0, 0.05) is 24.0 Å². The van der Waals surface area contributed by atoms with E-state index in [9.17, 15) is 0 Å². The van der Waals surface area contributed by atoms with Gasteiger partial charge in [-0.05, 0) is 20.8 Å². The minimum Gasteiger partial charge on any atom is -0.378 e. The molecule has 3 rings (SSSR count). The standard InChI is InChI=1S/C14H19N3O2S/c1-9-12(10(2)19-16-9)6-17-4-5-18-7-14(17)13-8-20-11(3)15-13/h8,14H,4-7H2,1-3H3/t14-/m1/s1. The van der Waals surface area contributed by atoms with Gasteiger partial charge in [0.15, 0.2) is 0 Å². The second-order valence-electron chi connectivity index (χ2n) is 5.16. The van der Waals surface area contributed by atoms with E-state index in [-0.39, 0.29) is 6.04 Å². The van der Waals surface area contributed by atoms with Gasteiger partial charge in [-0.25, -0.2) is 4.98 Å². The van der Waals surface area contributed by atoms with Crippen molar-refractivity contribution < 1.29 is 9.26 Å². The molecule has 5 nitrogen and oxygen atoms in total. The second-order valence-corrected chi connectivity index (χ2v) is 6.22. The molecule has 1 saturated heterocycles. The lowest BCUT2D eigenvalue weighted by Gasteiger charge is -2.34. The molecular weight excluding hydrogens is 274 g/mol. The maximum atomic E-state index is 5.64. The number of aryl methyl sites for hydroxylation is 3. The van der Waals surface area contributed by atoms with Crippen molar-refractivity contribution in [3.8, 4) is 0 Å². The molecule has 2 aromatic rings. The summed E-state index contributed by atoms with van der Waals surface area (Å²) in [6, 6.07) is 0.224. The van der Waals surface area contributed by atoms with Crippen molar-refractivity contribution in [2.75, 3.05) is 19.8 Å². The molecule has 0 saturated carbocycles. The highest BCUT2D eigenvalue weighted by Gasteiger charge is 2.28. The summed E-state index contributed by atoms with van der Waals surface area (Å²) in [6.07, 6.45) is 0. The number of thiazole rings is 1. The molecule has 1 atom stereocenters. The summed E-state index contributed by atoms with van der Waals surface area (Å²) in [7, 11) is 0. The smallest absolute Gasteiger partial charge is 0.138 e. The first-order valence-corrected chi connectivity index (χ1v) is 7.68. The first-order chi connectivity index (χ1) is 9.65. The van der Waals surface area contributed by atoms with Gasteiger partial charge in [-0.3, -0.25) is 4.90 Å². The first-order valence-electron chi connectivity index (χ1n) is 6.80. The van der Waals surface area contributed by atoms with Crippen molar-refractivity contribution in [2.24, 2.45) is 0 Å². The van der Waals surface area contributed by atoms with Crippen LogP contribution in [-0.2, 0) is 11.3 Å². The van der Waals surface area contributed by atoms with Crippen molar-refractivity contribution >= 4 is 11.3 Å². The molecule has 0 aromatic carbocycles. The van der Waals surface area contributed by atoms with Crippen LogP contribution in [0.3, 0.4) is 0 Å². The Hall–Kier alpha value is -1.24. The lowest BCUT2D eigenvalue weighted by molar-refractivity contribution is -0.0143. The zero-order chi connectivity index (χ0) is 14.1. The highest BCUT2D eigenvalue weighted by atomic mass is 32.1. The third-order valence-corrected chi connectivity index (χ3v) is 4.55. The van der Waals surface area contributed by atoms with Crippen LogP contribution < -0.4 is 0 Å². The van der Waals surface area contributed by atoms with E-state index in [0.717, 1.165) is 41.9 Å². The SMILES string of the molecule is Cc1nc([C@H]2COCCN2Cc2c(C)noc2C)cs1. The van der Waals surface area contributed by atoms with E-state index >= 15 is 0 Å². The van der Waals surface area contributed by atoms with Crippen LogP contribution in [0, 0.1) is 20.8 Å². The summed E-state index contributed by atoms with van der Waals surface area (Å²) in [6.45, 7) is 9.22.